The number of hydrogen-bond acceptors (Lipinski definition) is 1. The fraction of sp³-hybridized carbons (Fsp3) is 1.00. The summed E-state index contributed by atoms with van der Waals surface area (Å²) < 4.78 is 0. The zero-order valence-corrected chi connectivity index (χ0v) is 7.78. The van der Waals surface area contributed by atoms with Crippen LogP contribution in [0.15, 0.2) is 0 Å². The maximum absolute atomic E-state index is 5.42. The lowest BCUT2D eigenvalue weighted by molar-refractivity contribution is 0.244. The lowest BCUT2D eigenvalue weighted by Gasteiger charge is -2.26. The molecule has 0 aliphatic rings. The Balaban J connectivity index is 3.52. The van der Waals surface area contributed by atoms with Crippen molar-refractivity contribution in [3.63, 3.8) is 0 Å². The topological polar surface area (TPSA) is 26.0 Å². The van der Waals surface area contributed by atoms with Gasteiger partial charge >= 0.3 is 0 Å². The first-order chi connectivity index (χ1) is 4.48. The molecule has 0 aromatic carbocycles. The van der Waals surface area contributed by atoms with Gasteiger partial charge < -0.3 is 5.73 Å². The Morgan fingerprint density at radius 2 is 1.80 bits per heavy atom. The number of nitrogens with two attached hydrogens (primary N) is 1. The summed E-state index contributed by atoms with van der Waals surface area (Å²) in [5, 5.41) is 0. The summed E-state index contributed by atoms with van der Waals surface area (Å²) in [5.41, 5.74) is 5.87. The summed E-state index contributed by atoms with van der Waals surface area (Å²) in [6.45, 7) is 9.99. The van der Waals surface area contributed by atoms with E-state index in [4.69, 9.17) is 5.73 Å². The van der Waals surface area contributed by atoms with Crippen molar-refractivity contribution >= 4 is 0 Å². The monoisotopic (exact) mass is 143 g/mol. The van der Waals surface area contributed by atoms with E-state index in [1.54, 1.807) is 0 Å². The first-order valence-corrected chi connectivity index (χ1v) is 4.18. The highest BCUT2D eigenvalue weighted by atomic mass is 14.5. The fourth-order valence-corrected chi connectivity index (χ4v) is 0.857. The first-order valence-electron chi connectivity index (χ1n) is 4.18. The third-order valence-corrected chi connectivity index (χ3v) is 2.32. The molecule has 1 nitrogen and oxygen atoms in total. The van der Waals surface area contributed by atoms with Crippen LogP contribution in [-0.4, -0.2) is 6.54 Å². The number of hydrogen-bond donors (Lipinski definition) is 1. The molecule has 0 saturated carbocycles. The van der Waals surface area contributed by atoms with E-state index in [9.17, 15) is 0 Å². The third-order valence-electron chi connectivity index (χ3n) is 2.32. The van der Waals surface area contributed by atoms with Gasteiger partial charge in [-0.3, -0.25) is 0 Å². The molecule has 0 aliphatic heterocycles. The lowest BCUT2D eigenvalue weighted by Crippen LogP contribution is -2.18. The molecule has 1 heteroatoms. The summed E-state index contributed by atoms with van der Waals surface area (Å²) in [6.07, 6.45) is 2.43. The largest absolute Gasteiger partial charge is 0.330 e. The average molecular weight is 143 g/mol. The molecule has 0 bridgehead atoms. The van der Waals surface area contributed by atoms with Gasteiger partial charge in [-0.15, -0.1) is 0 Å². The molecule has 0 amide bonds. The van der Waals surface area contributed by atoms with Crippen LogP contribution in [0.1, 0.15) is 40.5 Å². The first kappa shape index (κ1) is 9.96. The Morgan fingerprint density at radius 3 is 2.10 bits per heavy atom. The lowest BCUT2D eigenvalue weighted by atomic mass is 9.79. The van der Waals surface area contributed by atoms with E-state index in [2.05, 4.69) is 27.7 Å². The molecular weight excluding hydrogens is 122 g/mol. The molecular formula is C9H21N. The molecule has 2 N–H and O–H groups in total. The van der Waals surface area contributed by atoms with Gasteiger partial charge in [-0.1, -0.05) is 27.7 Å². The van der Waals surface area contributed by atoms with E-state index in [1.807, 2.05) is 0 Å². The van der Waals surface area contributed by atoms with Crippen molar-refractivity contribution in [1.82, 2.24) is 0 Å². The van der Waals surface area contributed by atoms with Gasteiger partial charge in [-0.25, -0.2) is 0 Å². The predicted molar refractivity (Wildman–Crippen MR) is 46.9 cm³/mol. The standard InChI is InChI=1S/C9H21N/c1-8(6-5-7-10)9(2,3)4/h8H,5-7,10H2,1-4H3. The Morgan fingerprint density at radius 1 is 1.30 bits per heavy atom. The minimum atomic E-state index is 0.454. The maximum atomic E-state index is 5.42. The molecule has 10 heavy (non-hydrogen) atoms. The van der Waals surface area contributed by atoms with Gasteiger partial charge in [0.25, 0.3) is 0 Å². The van der Waals surface area contributed by atoms with Crippen LogP contribution in [-0.2, 0) is 0 Å². The highest BCUT2D eigenvalue weighted by Crippen LogP contribution is 2.28. The molecule has 1 unspecified atom stereocenters. The summed E-state index contributed by atoms with van der Waals surface area (Å²) in [4.78, 5) is 0. The highest BCUT2D eigenvalue weighted by Gasteiger charge is 2.18. The zero-order chi connectivity index (χ0) is 8.20. The molecule has 0 aromatic rings. The quantitative estimate of drug-likeness (QED) is 0.645. The molecule has 0 heterocycles. The second-order valence-corrected chi connectivity index (χ2v) is 4.20. The molecule has 0 aromatic heterocycles. The third kappa shape index (κ3) is 3.89. The van der Waals surface area contributed by atoms with Crippen LogP contribution >= 0.6 is 0 Å². The van der Waals surface area contributed by atoms with Crippen LogP contribution in [0.2, 0.25) is 0 Å². The van der Waals surface area contributed by atoms with Crippen LogP contribution in [0, 0.1) is 11.3 Å². The molecule has 0 aliphatic carbocycles. The Labute approximate surface area is 65.0 Å². The van der Waals surface area contributed by atoms with Gasteiger partial charge in [0.05, 0.1) is 0 Å². The molecule has 1 atom stereocenters. The van der Waals surface area contributed by atoms with E-state index < -0.39 is 0 Å². The van der Waals surface area contributed by atoms with E-state index in [0.29, 0.717) is 5.41 Å². The van der Waals surface area contributed by atoms with E-state index in [-0.39, 0.29) is 0 Å². The molecule has 0 radical (unpaired) electrons. The van der Waals surface area contributed by atoms with Crippen molar-refractivity contribution in [3.05, 3.63) is 0 Å². The second-order valence-electron chi connectivity index (χ2n) is 4.20. The van der Waals surface area contributed by atoms with Crippen molar-refractivity contribution in [2.24, 2.45) is 17.1 Å². The zero-order valence-electron chi connectivity index (χ0n) is 7.78. The minimum absolute atomic E-state index is 0.454. The SMILES string of the molecule is CC(CCCN)C(C)(C)C. The van der Waals surface area contributed by atoms with E-state index in [0.717, 1.165) is 12.5 Å². The van der Waals surface area contributed by atoms with Gasteiger partial charge in [0.2, 0.25) is 0 Å². The van der Waals surface area contributed by atoms with Gasteiger partial charge in [-0.05, 0) is 30.7 Å². The molecule has 62 valence electrons. The van der Waals surface area contributed by atoms with Crippen LogP contribution < -0.4 is 5.73 Å². The normalized spacial score (nSPS) is 15.3. The maximum Gasteiger partial charge on any atom is -0.00772 e. The van der Waals surface area contributed by atoms with Crippen molar-refractivity contribution in [1.29, 1.82) is 0 Å². The molecule has 0 saturated heterocycles. The van der Waals surface area contributed by atoms with Crippen LogP contribution in [0.4, 0.5) is 0 Å². The van der Waals surface area contributed by atoms with Gasteiger partial charge in [0, 0.05) is 0 Å². The van der Waals surface area contributed by atoms with Crippen molar-refractivity contribution < 1.29 is 0 Å². The molecule has 0 fully saturated rings. The van der Waals surface area contributed by atoms with Gasteiger partial charge in [0.15, 0.2) is 0 Å². The smallest absolute Gasteiger partial charge is 0.00772 e. The fourth-order valence-electron chi connectivity index (χ4n) is 0.857. The summed E-state index contributed by atoms with van der Waals surface area (Å²) in [5.74, 6) is 0.788. The molecule has 0 rings (SSSR count). The summed E-state index contributed by atoms with van der Waals surface area (Å²) in [6, 6.07) is 0. The van der Waals surface area contributed by atoms with Crippen molar-refractivity contribution in [2.45, 2.75) is 40.5 Å². The Kier molecular flexibility index (Phi) is 3.95. The predicted octanol–water partition coefficient (Wildman–Crippen LogP) is 2.41. The second kappa shape index (κ2) is 3.97. The average Bonchev–Trinajstić information content (AvgIpc) is 1.80. The van der Waals surface area contributed by atoms with Gasteiger partial charge in [-0.2, -0.15) is 0 Å². The summed E-state index contributed by atoms with van der Waals surface area (Å²) in [7, 11) is 0. The molecule has 0 spiro atoms. The van der Waals surface area contributed by atoms with Crippen LogP contribution in [0.25, 0.3) is 0 Å². The Bertz CT molecular complexity index is 81.2. The van der Waals surface area contributed by atoms with E-state index in [1.165, 1.54) is 12.8 Å². The number of rotatable bonds is 3. The van der Waals surface area contributed by atoms with Gasteiger partial charge in [0.1, 0.15) is 0 Å². The minimum Gasteiger partial charge on any atom is -0.330 e. The van der Waals surface area contributed by atoms with Crippen molar-refractivity contribution in [2.75, 3.05) is 6.54 Å². The Hall–Kier alpha value is -0.0400. The van der Waals surface area contributed by atoms with Crippen LogP contribution in [0.3, 0.4) is 0 Å². The van der Waals surface area contributed by atoms with Crippen LogP contribution in [0.5, 0.6) is 0 Å². The van der Waals surface area contributed by atoms with Crippen molar-refractivity contribution in [3.8, 4) is 0 Å². The summed E-state index contributed by atoms with van der Waals surface area (Å²) >= 11 is 0. The van der Waals surface area contributed by atoms with E-state index >= 15 is 0 Å². The highest BCUT2D eigenvalue weighted by molar-refractivity contribution is 4.69.